The average molecular weight is 282 g/mol. The lowest BCUT2D eigenvalue weighted by Gasteiger charge is -2.11. The van der Waals surface area contributed by atoms with Crippen LogP contribution >= 0.6 is 0 Å². The van der Waals surface area contributed by atoms with Gasteiger partial charge in [0.1, 0.15) is 5.82 Å². The van der Waals surface area contributed by atoms with Gasteiger partial charge in [0.25, 0.3) is 6.01 Å². The molecule has 0 spiro atoms. The van der Waals surface area contributed by atoms with E-state index in [1.54, 1.807) is 13.3 Å². The van der Waals surface area contributed by atoms with Crippen molar-refractivity contribution in [2.75, 3.05) is 7.11 Å². The highest BCUT2D eigenvalue weighted by Gasteiger charge is 2.14. The molecule has 0 fully saturated rings. The van der Waals surface area contributed by atoms with Crippen LogP contribution in [0.4, 0.5) is 0 Å². The van der Waals surface area contributed by atoms with Crippen LogP contribution in [0, 0.1) is 6.92 Å². The van der Waals surface area contributed by atoms with Crippen molar-refractivity contribution in [3.63, 3.8) is 0 Å². The van der Waals surface area contributed by atoms with Crippen LogP contribution in [0.5, 0.6) is 6.01 Å². The second kappa shape index (κ2) is 5.16. The minimum Gasteiger partial charge on any atom is -0.468 e. The van der Waals surface area contributed by atoms with E-state index in [1.165, 1.54) is 0 Å². The second-order valence-electron chi connectivity index (χ2n) is 5.25. The summed E-state index contributed by atoms with van der Waals surface area (Å²) in [4.78, 5) is 13.1. The fourth-order valence-corrected chi connectivity index (χ4v) is 2.49. The Morgan fingerprint density at radius 3 is 2.62 bits per heavy atom. The molecule has 1 aromatic carbocycles. The van der Waals surface area contributed by atoms with Crippen molar-refractivity contribution in [3.05, 3.63) is 36.3 Å². The molecule has 0 saturated carbocycles. The van der Waals surface area contributed by atoms with E-state index in [0.29, 0.717) is 6.01 Å². The van der Waals surface area contributed by atoms with E-state index in [2.05, 4.69) is 39.4 Å². The average Bonchev–Trinajstić information content (AvgIpc) is 2.84. The van der Waals surface area contributed by atoms with Gasteiger partial charge in [-0.15, -0.1) is 0 Å². The van der Waals surface area contributed by atoms with Crippen LogP contribution in [0.25, 0.3) is 22.3 Å². The molecule has 5 heteroatoms. The molecule has 108 valence electrons. The third-order valence-corrected chi connectivity index (χ3v) is 3.43. The Morgan fingerprint density at radius 1 is 1.14 bits per heavy atom. The third-order valence-electron chi connectivity index (χ3n) is 3.43. The Balaban J connectivity index is 2.21. The number of aromatic nitrogens is 4. The van der Waals surface area contributed by atoms with Gasteiger partial charge >= 0.3 is 0 Å². The van der Waals surface area contributed by atoms with E-state index < -0.39 is 0 Å². The van der Waals surface area contributed by atoms with E-state index in [0.717, 1.165) is 28.1 Å². The van der Waals surface area contributed by atoms with Gasteiger partial charge in [-0.25, -0.2) is 9.97 Å². The summed E-state index contributed by atoms with van der Waals surface area (Å²) in [7, 11) is 1.65. The van der Waals surface area contributed by atoms with E-state index in [-0.39, 0.29) is 6.04 Å². The van der Waals surface area contributed by atoms with E-state index in [4.69, 9.17) is 4.74 Å². The van der Waals surface area contributed by atoms with Crippen LogP contribution in [0.3, 0.4) is 0 Å². The largest absolute Gasteiger partial charge is 0.468 e. The summed E-state index contributed by atoms with van der Waals surface area (Å²) < 4.78 is 7.47. The van der Waals surface area contributed by atoms with Crippen molar-refractivity contribution in [2.45, 2.75) is 26.8 Å². The minimum atomic E-state index is 0.271. The Labute approximate surface area is 123 Å². The fourth-order valence-electron chi connectivity index (χ4n) is 2.49. The van der Waals surface area contributed by atoms with Crippen molar-refractivity contribution in [2.24, 2.45) is 0 Å². The molecule has 5 nitrogen and oxygen atoms in total. The SMILES string of the molecule is COc1nc2ccc(-c3ccnc(C)n3)cc2n1C(C)C. The highest BCUT2D eigenvalue weighted by molar-refractivity contribution is 5.82. The minimum absolute atomic E-state index is 0.271. The summed E-state index contributed by atoms with van der Waals surface area (Å²) in [5.41, 5.74) is 3.95. The number of nitrogens with zero attached hydrogens (tertiary/aromatic N) is 4. The fraction of sp³-hybridized carbons (Fsp3) is 0.312. The zero-order valence-electron chi connectivity index (χ0n) is 12.7. The predicted molar refractivity (Wildman–Crippen MR) is 82.4 cm³/mol. The standard InChI is InChI=1S/C16H18N4O/c1-10(2)20-15-9-12(13-7-8-17-11(3)18-13)5-6-14(15)19-16(20)21-4/h5-10H,1-4H3. The lowest BCUT2D eigenvalue weighted by Crippen LogP contribution is -2.03. The van der Waals surface area contributed by atoms with Crippen LogP contribution < -0.4 is 4.74 Å². The molecule has 21 heavy (non-hydrogen) atoms. The number of hydrogen-bond donors (Lipinski definition) is 0. The molecule has 0 N–H and O–H groups in total. The van der Waals surface area contributed by atoms with Crippen LogP contribution in [0.2, 0.25) is 0 Å². The highest BCUT2D eigenvalue weighted by Crippen LogP contribution is 2.29. The van der Waals surface area contributed by atoms with Gasteiger partial charge in [0.05, 0.1) is 23.8 Å². The van der Waals surface area contributed by atoms with Crippen LogP contribution in [-0.4, -0.2) is 26.6 Å². The molecule has 3 aromatic rings. The second-order valence-corrected chi connectivity index (χ2v) is 5.25. The Hall–Kier alpha value is -2.43. The van der Waals surface area contributed by atoms with Gasteiger partial charge in [-0.2, -0.15) is 4.98 Å². The molecule has 0 aliphatic rings. The van der Waals surface area contributed by atoms with Crippen LogP contribution in [-0.2, 0) is 0 Å². The molecule has 0 amide bonds. The van der Waals surface area contributed by atoms with E-state index in [9.17, 15) is 0 Å². The maximum absolute atomic E-state index is 5.38. The summed E-state index contributed by atoms with van der Waals surface area (Å²) in [6, 6.07) is 8.96. The number of benzene rings is 1. The van der Waals surface area contributed by atoms with Gasteiger partial charge in [0.15, 0.2) is 0 Å². The molecular formula is C16H18N4O. The highest BCUT2D eigenvalue weighted by atomic mass is 16.5. The van der Waals surface area contributed by atoms with E-state index in [1.807, 2.05) is 25.1 Å². The number of ether oxygens (including phenoxy) is 1. The molecule has 0 bridgehead atoms. The number of rotatable bonds is 3. The van der Waals surface area contributed by atoms with Crippen molar-refractivity contribution in [1.29, 1.82) is 0 Å². The Kier molecular flexibility index (Phi) is 3.33. The maximum Gasteiger partial charge on any atom is 0.297 e. The monoisotopic (exact) mass is 282 g/mol. The summed E-state index contributed by atoms with van der Waals surface area (Å²) in [5.74, 6) is 0.766. The normalized spacial score (nSPS) is 11.3. The topological polar surface area (TPSA) is 52.8 Å². The predicted octanol–water partition coefficient (Wildman–Crippen LogP) is 3.39. The molecule has 2 aromatic heterocycles. The van der Waals surface area contributed by atoms with Gasteiger partial charge in [0, 0.05) is 17.8 Å². The molecule has 0 aliphatic heterocycles. The van der Waals surface area contributed by atoms with Gasteiger partial charge in [-0.05, 0) is 39.0 Å². The first-order valence-electron chi connectivity index (χ1n) is 6.96. The molecular weight excluding hydrogens is 264 g/mol. The lowest BCUT2D eigenvalue weighted by atomic mass is 10.1. The van der Waals surface area contributed by atoms with Crippen molar-refractivity contribution >= 4 is 11.0 Å². The zero-order valence-corrected chi connectivity index (χ0v) is 12.7. The van der Waals surface area contributed by atoms with Gasteiger partial charge in [-0.3, -0.25) is 4.57 Å². The zero-order chi connectivity index (χ0) is 15.0. The van der Waals surface area contributed by atoms with Gasteiger partial charge in [0.2, 0.25) is 0 Å². The lowest BCUT2D eigenvalue weighted by molar-refractivity contribution is 0.350. The van der Waals surface area contributed by atoms with Crippen molar-refractivity contribution < 1.29 is 4.74 Å². The molecule has 3 rings (SSSR count). The molecule has 0 saturated heterocycles. The van der Waals surface area contributed by atoms with Gasteiger partial charge < -0.3 is 4.74 Å². The number of imidazole rings is 1. The number of fused-ring (bicyclic) bond motifs is 1. The molecule has 0 unspecified atom stereocenters. The van der Waals surface area contributed by atoms with Crippen molar-refractivity contribution in [1.82, 2.24) is 19.5 Å². The quantitative estimate of drug-likeness (QED) is 0.739. The Morgan fingerprint density at radius 2 is 1.95 bits per heavy atom. The number of hydrogen-bond acceptors (Lipinski definition) is 4. The summed E-state index contributed by atoms with van der Waals surface area (Å²) in [6.07, 6.45) is 1.78. The Bertz CT molecular complexity index is 792. The molecule has 0 atom stereocenters. The van der Waals surface area contributed by atoms with Crippen LogP contribution in [0.15, 0.2) is 30.5 Å². The first kappa shape index (κ1) is 13.5. The van der Waals surface area contributed by atoms with Crippen molar-refractivity contribution in [3.8, 4) is 17.3 Å². The molecule has 0 aliphatic carbocycles. The third kappa shape index (κ3) is 2.35. The maximum atomic E-state index is 5.38. The number of methoxy groups -OCH3 is 1. The van der Waals surface area contributed by atoms with Gasteiger partial charge in [-0.1, -0.05) is 6.07 Å². The van der Waals surface area contributed by atoms with E-state index >= 15 is 0 Å². The molecule has 2 heterocycles. The smallest absolute Gasteiger partial charge is 0.297 e. The summed E-state index contributed by atoms with van der Waals surface area (Å²) in [6.45, 7) is 6.12. The van der Waals surface area contributed by atoms with Crippen LogP contribution in [0.1, 0.15) is 25.7 Å². The first-order valence-corrected chi connectivity index (χ1v) is 6.96. The summed E-state index contributed by atoms with van der Waals surface area (Å²) >= 11 is 0. The number of aryl methyl sites for hydroxylation is 1. The summed E-state index contributed by atoms with van der Waals surface area (Å²) in [5, 5.41) is 0. The molecule has 0 radical (unpaired) electrons. The first-order chi connectivity index (χ1) is 10.1.